The van der Waals surface area contributed by atoms with E-state index >= 15 is 0 Å². The topological polar surface area (TPSA) is 49.3 Å². The van der Waals surface area contributed by atoms with Crippen molar-refractivity contribution in [1.29, 1.82) is 0 Å². The summed E-state index contributed by atoms with van der Waals surface area (Å²) in [6.07, 6.45) is 4.11. The van der Waals surface area contributed by atoms with Crippen LogP contribution >= 0.6 is 0 Å². The van der Waals surface area contributed by atoms with E-state index < -0.39 is 0 Å². The Labute approximate surface area is 104 Å². The van der Waals surface area contributed by atoms with E-state index in [1.165, 1.54) is 0 Å². The van der Waals surface area contributed by atoms with Crippen LogP contribution in [0, 0.1) is 11.8 Å². The molecule has 0 heterocycles. The molecule has 0 radical (unpaired) electrons. The van der Waals surface area contributed by atoms with Crippen LogP contribution < -0.4 is 5.32 Å². The minimum Gasteiger partial charge on any atom is -0.393 e. The SMILES string of the molecule is C=C(C)C(=O)NC(C)C1CCC(C(C)O)CC1. The summed E-state index contributed by atoms with van der Waals surface area (Å²) < 4.78 is 0. The number of carbonyl (C=O) groups excluding carboxylic acids is 1. The van der Waals surface area contributed by atoms with Crippen molar-refractivity contribution < 1.29 is 9.90 Å². The Hall–Kier alpha value is -0.830. The van der Waals surface area contributed by atoms with Crippen molar-refractivity contribution in [3.05, 3.63) is 12.2 Å². The molecule has 0 aromatic heterocycles. The van der Waals surface area contributed by atoms with Gasteiger partial charge in [0.25, 0.3) is 0 Å². The maximum Gasteiger partial charge on any atom is 0.246 e. The van der Waals surface area contributed by atoms with Crippen molar-refractivity contribution in [3.8, 4) is 0 Å². The molecule has 1 aliphatic carbocycles. The summed E-state index contributed by atoms with van der Waals surface area (Å²) in [4.78, 5) is 11.5. The molecular formula is C14H25NO2. The van der Waals surface area contributed by atoms with Crippen LogP contribution in [0.15, 0.2) is 12.2 Å². The molecule has 1 fully saturated rings. The molecule has 98 valence electrons. The Morgan fingerprint density at radius 3 is 2.12 bits per heavy atom. The highest BCUT2D eigenvalue weighted by Gasteiger charge is 2.27. The van der Waals surface area contributed by atoms with Crippen molar-refractivity contribution in [1.82, 2.24) is 5.32 Å². The number of nitrogens with one attached hydrogen (secondary N) is 1. The monoisotopic (exact) mass is 239 g/mol. The van der Waals surface area contributed by atoms with Gasteiger partial charge in [-0.3, -0.25) is 4.79 Å². The molecule has 2 unspecified atom stereocenters. The standard InChI is InChI=1S/C14H25NO2/c1-9(2)14(17)15-10(3)12-5-7-13(8-6-12)11(4)16/h10-13,16H,1,5-8H2,2-4H3,(H,15,17). The summed E-state index contributed by atoms with van der Waals surface area (Å²) >= 11 is 0. The largest absolute Gasteiger partial charge is 0.393 e. The zero-order chi connectivity index (χ0) is 13.0. The highest BCUT2D eigenvalue weighted by Crippen LogP contribution is 2.32. The van der Waals surface area contributed by atoms with Gasteiger partial charge in [0.15, 0.2) is 0 Å². The first-order chi connectivity index (χ1) is 7.91. The van der Waals surface area contributed by atoms with Crippen molar-refractivity contribution in [2.75, 3.05) is 0 Å². The quantitative estimate of drug-likeness (QED) is 0.739. The number of aliphatic hydroxyl groups excluding tert-OH is 1. The second-order valence-electron chi connectivity index (χ2n) is 5.46. The minimum absolute atomic E-state index is 0.0462. The van der Waals surface area contributed by atoms with Crippen molar-refractivity contribution in [3.63, 3.8) is 0 Å². The molecular weight excluding hydrogens is 214 g/mol. The molecule has 2 atom stereocenters. The third-order valence-electron chi connectivity index (χ3n) is 3.95. The van der Waals surface area contributed by atoms with Crippen LogP contribution in [0.25, 0.3) is 0 Å². The lowest BCUT2D eigenvalue weighted by molar-refractivity contribution is -0.118. The lowest BCUT2D eigenvalue weighted by Crippen LogP contribution is -2.40. The molecule has 0 saturated heterocycles. The normalized spacial score (nSPS) is 28.2. The molecule has 0 aromatic rings. The molecule has 0 spiro atoms. The maximum atomic E-state index is 11.5. The molecule has 2 N–H and O–H groups in total. The molecule has 17 heavy (non-hydrogen) atoms. The van der Waals surface area contributed by atoms with Gasteiger partial charge in [-0.15, -0.1) is 0 Å². The predicted octanol–water partition coefficient (Wildman–Crippen LogP) is 2.25. The Morgan fingerprint density at radius 2 is 1.71 bits per heavy atom. The van der Waals surface area contributed by atoms with Crippen molar-refractivity contribution in [2.24, 2.45) is 11.8 Å². The van der Waals surface area contributed by atoms with Crippen LogP contribution in [0.4, 0.5) is 0 Å². The fourth-order valence-corrected chi connectivity index (χ4v) is 2.58. The van der Waals surface area contributed by atoms with Gasteiger partial charge in [0.05, 0.1) is 6.10 Å². The van der Waals surface area contributed by atoms with E-state index in [0.29, 0.717) is 17.4 Å². The third-order valence-corrected chi connectivity index (χ3v) is 3.95. The summed E-state index contributed by atoms with van der Waals surface area (Å²) in [6, 6.07) is 0.203. The molecule has 0 aliphatic heterocycles. The van der Waals surface area contributed by atoms with Crippen LogP contribution in [0.3, 0.4) is 0 Å². The van der Waals surface area contributed by atoms with Crippen LogP contribution in [0.5, 0.6) is 0 Å². The van der Waals surface area contributed by atoms with E-state index in [9.17, 15) is 9.90 Å². The highest BCUT2D eigenvalue weighted by atomic mass is 16.3. The van der Waals surface area contributed by atoms with Crippen LogP contribution in [-0.4, -0.2) is 23.2 Å². The lowest BCUT2D eigenvalue weighted by Gasteiger charge is -2.33. The Morgan fingerprint density at radius 1 is 1.24 bits per heavy atom. The third kappa shape index (κ3) is 4.15. The summed E-state index contributed by atoms with van der Waals surface area (Å²) in [5.74, 6) is 0.929. The van der Waals surface area contributed by atoms with Gasteiger partial charge >= 0.3 is 0 Å². The first kappa shape index (κ1) is 14.2. The first-order valence-electron chi connectivity index (χ1n) is 6.56. The Balaban J connectivity index is 2.38. The predicted molar refractivity (Wildman–Crippen MR) is 69.5 cm³/mol. The van der Waals surface area contributed by atoms with Gasteiger partial charge in [-0.05, 0) is 58.3 Å². The molecule has 1 aliphatic rings. The average molecular weight is 239 g/mol. The molecule has 3 heteroatoms. The zero-order valence-electron chi connectivity index (χ0n) is 11.2. The van der Waals surface area contributed by atoms with E-state index in [1.807, 2.05) is 6.92 Å². The molecule has 1 amide bonds. The van der Waals surface area contributed by atoms with Gasteiger partial charge in [-0.2, -0.15) is 0 Å². The summed E-state index contributed by atoms with van der Waals surface area (Å²) in [5.41, 5.74) is 0.564. The van der Waals surface area contributed by atoms with E-state index in [1.54, 1.807) is 6.92 Å². The van der Waals surface area contributed by atoms with Crippen LogP contribution in [0.2, 0.25) is 0 Å². The average Bonchev–Trinajstić information content (AvgIpc) is 2.28. The van der Waals surface area contributed by atoms with E-state index in [0.717, 1.165) is 25.7 Å². The molecule has 3 nitrogen and oxygen atoms in total. The van der Waals surface area contributed by atoms with Gasteiger partial charge < -0.3 is 10.4 Å². The number of amides is 1. The van der Waals surface area contributed by atoms with Crippen molar-refractivity contribution >= 4 is 5.91 Å². The number of aliphatic hydroxyl groups is 1. The van der Waals surface area contributed by atoms with Crippen molar-refractivity contribution in [2.45, 2.75) is 58.6 Å². The van der Waals surface area contributed by atoms with Crippen LogP contribution in [-0.2, 0) is 4.79 Å². The zero-order valence-corrected chi connectivity index (χ0v) is 11.2. The van der Waals surface area contributed by atoms with Gasteiger partial charge in [-0.1, -0.05) is 6.58 Å². The second kappa shape index (κ2) is 6.20. The fraction of sp³-hybridized carbons (Fsp3) is 0.786. The van der Waals surface area contributed by atoms with Gasteiger partial charge in [0, 0.05) is 11.6 Å². The highest BCUT2D eigenvalue weighted by molar-refractivity contribution is 5.92. The van der Waals surface area contributed by atoms with E-state index in [2.05, 4.69) is 18.8 Å². The molecule has 1 saturated carbocycles. The number of carbonyl (C=O) groups is 1. The number of rotatable bonds is 4. The first-order valence-corrected chi connectivity index (χ1v) is 6.56. The van der Waals surface area contributed by atoms with E-state index in [-0.39, 0.29) is 18.1 Å². The number of hydrogen-bond donors (Lipinski definition) is 2. The summed E-state index contributed by atoms with van der Waals surface area (Å²) in [5, 5.41) is 12.5. The molecule has 0 aromatic carbocycles. The fourth-order valence-electron chi connectivity index (χ4n) is 2.58. The smallest absolute Gasteiger partial charge is 0.246 e. The van der Waals surface area contributed by atoms with Gasteiger partial charge in [-0.25, -0.2) is 0 Å². The maximum absolute atomic E-state index is 11.5. The second-order valence-corrected chi connectivity index (χ2v) is 5.46. The Bertz CT molecular complexity index is 278. The Kier molecular flexibility index (Phi) is 5.19. The minimum atomic E-state index is -0.198. The lowest BCUT2D eigenvalue weighted by atomic mass is 9.77. The van der Waals surface area contributed by atoms with Gasteiger partial charge in [0.2, 0.25) is 5.91 Å². The summed E-state index contributed by atoms with van der Waals surface area (Å²) in [7, 11) is 0. The number of hydrogen-bond acceptors (Lipinski definition) is 2. The molecule has 0 bridgehead atoms. The molecule has 1 rings (SSSR count). The van der Waals surface area contributed by atoms with Crippen LogP contribution in [0.1, 0.15) is 46.5 Å². The summed E-state index contributed by atoms with van der Waals surface area (Å²) in [6.45, 7) is 9.31. The van der Waals surface area contributed by atoms with E-state index in [4.69, 9.17) is 0 Å². The van der Waals surface area contributed by atoms with Gasteiger partial charge in [0.1, 0.15) is 0 Å².